The third-order valence-corrected chi connectivity index (χ3v) is 8.63. The van der Waals surface area contributed by atoms with E-state index < -0.39 is 0 Å². The smallest absolute Gasteiger partial charge is 0.124 e. The van der Waals surface area contributed by atoms with Gasteiger partial charge in [-0.3, -0.25) is 0 Å². The maximum absolute atomic E-state index is 11.4. The summed E-state index contributed by atoms with van der Waals surface area (Å²) in [5, 5.41) is 26.4. The van der Waals surface area contributed by atoms with Crippen LogP contribution in [0.5, 0.6) is 11.5 Å². The average molecular weight is 512 g/mol. The maximum atomic E-state index is 11.4. The molecule has 0 heterocycles. The second-order valence-electron chi connectivity index (χ2n) is 13.5. The van der Waals surface area contributed by atoms with Crippen molar-refractivity contribution in [2.24, 2.45) is 0 Å². The summed E-state index contributed by atoms with van der Waals surface area (Å²) in [4.78, 5) is 0. The first-order valence-corrected chi connectivity index (χ1v) is 14.5. The largest absolute Gasteiger partial charge is 0.507 e. The highest BCUT2D eigenvalue weighted by Gasteiger charge is 2.27. The Hall–Kier alpha value is -2.94. The molecule has 0 saturated carbocycles. The Kier molecular flexibility index (Phi) is 7.00. The van der Waals surface area contributed by atoms with E-state index in [-0.39, 0.29) is 10.8 Å². The fourth-order valence-electron chi connectivity index (χ4n) is 6.38. The molecule has 0 fully saturated rings. The molecular formula is C35H45NO2. The first kappa shape index (κ1) is 26.7. The maximum Gasteiger partial charge on any atom is 0.124 e. The zero-order chi connectivity index (χ0) is 27.2. The van der Waals surface area contributed by atoms with E-state index in [1.54, 1.807) is 0 Å². The van der Waals surface area contributed by atoms with Gasteiger partial charge < -0.3 is 15.5 Å². The lowest BCUT2D eigenvalue weighted by atomic mass is 9.78. The van der Waals surface area contributed by atoms with Gasteiger partial charge in [0.25, 0.3) is 0 Å². The number of anilines is 1. The molecule has 38 heavy (non-hydrogen) atoms. The van der Waals surface area contributed by atoms with E-state index in [0.717, 1.165) is 48.1 Å². The third kappa shape index (κ3) is 5.05. The lowest BCUT2D eigenvalue weighted by Crippen LogP contribution is -2.18. The van der Waals surface area contributed by atoms with Gasteiger partial charge in [0.1, 0.15) is 11.5 Å². The highest BCUT2D eigenvalue weighted by Crippen LogP contribution is 2.46. The van der Waals surface area contributed by atoms with Crippen LogP contribution in [0.4, 0.5) is 5.69 Å². The number of aryl methyl sites for hydroxylation is 2. The molecule has 3 aromatic rings. The summed E-state index contributed by atoms with van der Waals surface area (Å²) < 4.78 is 0. The second kappa shape index (κ2) is 9.98. The summed E-state index contributed by atoms with van der Waals surface area (Å²) in [5.74, 6) is 0.776. The minimum atomic E-state index is -0.161. The lowest BCUT2D eigenvalue weighted by molar-refractivity contribution is 0.439. The van der Waals surface area contributed by atoms with Gasteiger partial charge in [-0.05, 0) is 114 Å². The molecular weight excluding hydrogens is 466 g/mol. The van der Waals surface area contributed by atoms with E-state index >= 15 is 0 Å². The van der Waals surface area contributed by atoms with Gasteiger partial charge in [0, 0.05) is 28.9 Å². The Balaban J connectivity index is 1.62. The molecule has 0 bridgehead atoms. The minimum Gasteiger partial charge on any atom is -0.507 e. The molecule has 0 spiro atoms. The van der Waals surface area contributed by atoms with Crippen LogP contribution in [-0.2, 0) is 43.1 Å². The Morgan fingerprint density at radius 3 is 1.87 bits per heavy atom. The summed E-state index contributed by atoms with van der Waals surface area (Å²) in [6.45, 7) is 13.7. The Bertz CT molecular complexity index is 1350. The fraction of sp³-hybridized carbons (Fsp3) is 0.486. The van der Waals surface area contributed by atoms with Gasteiger partial charge in [0.05, 0.1) is 0 Å². The number of rotatable bonds is 4. The number of nitrogens with one attached hydrogen (secondary N) is 1. The van der Waals surface area contributed by atoms with Crippen molar-refractivity contribution in [2.45, 2.75) is 110 Å². The van der Waals surface area contributed by atoms with E-state index in [9.17, 15) is 10.2 Å². The number of hydrogen-bond donors (Lipinski definition) is 3. The van der Waals surface area contributed by atoms with Crippen molar-refractivity contribution in [1.82, 2.24) is 0 Å². The van der Waals surface area contributed by atoms with E-state index in [4.69, 9.17) is 0 Å². The third-order valence-electron chi connectivity index (χ3n) is 8.63. The number of fused-ring (bicyclic) bond motifs is 2. The second-order valence-corrected chi connectivity index (χ2v) is 13.5. The van der Waals surface area contributed by atoms with Crippen molar-refractivity contribution >= 4 is 5.69 Å². The summed E-state index contributed by atoms with van der Waals surface area (Å²) in [5.41, 5.74) is 11.7. The van der Waals surface area contributed by atoms with Crippen LogP contribution in [0, 0.1) is 0 Å². The topological polar surface area (TPSA) is 52.5 Å². The number of phenolic OH excluding ortho intramolecular Hbond substituents is 2. The van der Waals surface area contributed by atoms with Gasteiger partial charge in [-0.1, -0.05) is 59.7 Å². The first-order valence-electron chi connectivity index (χ1n) is 14.5. The highest BCUT2D eigenvalue weighted by atomic mass is 16.3. The summed E-state index contributed by atoms with van der Waals surface area (Å²) in [7, 11) is 0. The van der Waals surface area contributed by atoms with Crippen LogP contribution in [0.3, 0.4) is 0 Å². The van der Waals surface area contributed by atoms with Crippen molar-refractivity contribution in [2.75, 3.05) is 5.32 Å². The van der Waals surface area contributed by atoms with Gasteiger partial charge >= 0.3 is 0 Å². The summed E-state index contributed by atoms with van der Waals surface area (Å²) >= 11 is 0. The average Bonchev–Trinajstić information content (AvgIpc) is 2.86. The van der Waals surface area contributed by atoms with Crippen LogP contribution in [0.2, 0.25) is 0 Å². The Labute approximate surface area is 229 Å². The molecule has 2 aliphatic carbocycles. The summed E-state index contributed by atoms with van der Waals surface area (Å²) in [6.07, 6.45) is 9.04. The lowest BCUT2D eigenvalue weighted by Gasteiger charge is -2.29. The monoisotopic (exact) mass is 511 g/mol. The molecule has 0 unspecified atom stereocenters. The van der Waals surface area contributed by atoms with Crippen molar-refractivity contribution < 1.29 is 10.2 Å². The zero-order valence-electron chi connectivity index (χ0n) is 24.2. The van der Waals surface area contributed by atoms with Crippen LogP contribution in [0.25, 0.3) is 11.1 Å². The summed E-state index contributed by atoms with van der Waals surface area (Å²) in [6, 6.07) is 12.9. The fourth-order valence-corrected chi connectivity index (χ4v) is 6.38. The molecule has 0 saturated heterocycles. The molecule has 0 atom stereocenters. The minimum absolute atomic E-state index is 0.0195. The SMILES string of the molecule is CC(C)(C)c1cc(CNc2ccc3c(c2-c2c(O)ccc4c2CCCC4)CCCC3)c(O)c(C(C)(C)C)c1. The van der Waals surface area contributed by atoms with Gasteiger partial charge in [-0.15, -0.1) is 0 Å². The van der Waals surface area contributed by atoms with Gasteiger partial charge in [0.15, 0.2) is 0 Å². The molecule has 202 valence electrons. The molecule has 0 radical (unpaired) electrons. The van der Waals surface area contributed by atoms with E-state index in [1.165, 1.54) is 59.1 Å². The van der Waals surface area contributed by atoms with E-state index in [2.05, 4.69) is 77.2 Å². The number of phenols is 2. The molecule has 3 N–H and O–H groups in total. The molecule has 0 aliphatic heterocycles. The number of benzene rings is 3. The normalized spacial score (nSPS) is 15.6. The van der Waals surface area contributed by atoms with Crippen LogP contribution in [0.15, 0.2) is 36.4 Å². The number of aromatic hydroxyl groups is 2. The number of hydrogen-bond acceptors (Lipinski definition) is 3. The van der Waals surface area contributed by atoms with Gasteiger partial charge in [0.2, 0.25) is 0 Å². The Morgan fingerprint density at radius 2 is 1.26 bits per heavy atom. The van der Waals surface area contributed by atoms with E-state index in [1.807, 2.05) is 6.07 Å². The molecule has 3 heteroatoms. The van der Waals surface area contributed by atoms with Crippen LogP contribution in [-0.4, -0.2) is 10.2 Å². The predicted octanol–water partition coefficient (Wildman–Crippen LogP) is 8.73. The van der Waals surface area contributed by atoms with Crippen LogP contribution >= 0.6 is 0 Å². The molecule has 0 amide bonds. The van der Waals surface area contributed by atoms with Crippen molar-refractivity contribution in [1.29, 1.82) is 0 Å². The van der Waals surface area contributed by atoms with Crippen LogP contribution < -0.4 is 5.32 Å². The van der Waals surface area contributed by atoms with Crippen molar-refractivity contribution in [3.63, 3.8) is 0 Å². The van der Waals surface area contributed by atoms with Crippen LogP contribution in [0.1, 0.15) is 106 Å². The first-order chi connectivity index (χ1) is 17.9. The quantitative estimate of drug-likeness (QED) is 0.328. The highest BCUT2D eigenvalue weighted by molar-refractivity contribution is 5.88. The molecule has 0 aromatic heterocycles. The van der Waals surface area contributed by atoms with E-state index in [0.29, 0.717) is 18.0 Å². The van der Waals surface area contributed by atoms with Crippen molar-refractivity contribution in [3.8, 4) is 22.6 Å². The molecule has 5 rings (SSSR count). The van der Waals surface area contributed by atoms with Gasteiger partial charge in [-0.25, -0.2) is 0 Å². The van der Waals surface area contributed by atoms with Crippen molar-refractivity contribution in [3.05, 3.63) is 75.3 Å². The Morgan fingerprint density at radius 1 is 0.684 bits per heavy atom. The molecule has 3 nitrogen and oxygen atoms in total. The van der Waals surface area contributed by atoms with Gasteiger partial charge in [-0.2, -0.15) is 0 Å². The molecule has 3 aromatic carbocycles. The predicted molar refractivity (Wildman–Crippen MR) is 160 cm³/mol. The molecule has 2 aliphatic rings. The zero-order valence-corrected chi connectivity index (χ0v) is 24.2. The standard InChI is InChI=1S/C35H45NO2/c1-34(2,3)25-19-24(33(38)28(20-25)35(4,5)6)21-36-29-17-15-22-11-7-9-13-26(22)31(29)32-27-14-10-8-12-23(27)16-18-30(32)37/h15-20,36-38H,7-14,21H2,1-6H3.